The molecule has 5 nitrogen and oxygen atoms in total. The van der Waals surface area contributed by atoms with Crippen LogP contribution in [0, 0.1) is 0 Å². The third kappa shape index (κ3) is 2.83. The number of aromatic nitrogens is 2. The number of likely N-dealkylation sites (N-methyl/N-ethyl adjacent to an activating group) is 1. The molecule has 2 N–H and O–H groups in total. The number of nitrogens with two attached hydrogens (primary N) is 1. The van der Waals surface area contributed by atoms with Crippen molar-refractivity contribution in [1.82, 2.24) is 9.97 Å². The summed E-state index contributed by atoms with van der Waals surface area (Å²) in [6.07, 6.45) is 4.57. The number of hydrogen-bond donors (Lipinski definition) is 1. The molecule has 3 rings (SSSR count). The molecule has 5 heteroatoms. The minimum atomic E-state index is 0.129. The zero-order chi connectivity index (χ0) is 14.8. The van der Waals surface area contributed by atoms with Gasteiger partial charge in [0.15, 0.2) is 0 Å². The van der Waals surface area contributed by atoms with Crippen LogP contribution >= 0.6 is 0 Å². The number of hydrogen-bond acceptors (Lipinski definition) is 5. The van der Waals surface area contributed by atoms with E-state index in [2.05, 4.69) is 51.1 Å². The Morgan fingerprint density at radius 3 is 2.48 bits per heavy atom. The maximum Gasteiger partial charge on any atom is 0.229 e. The van der Waals surface area contributed by atoms with E-state index in [-0.39, 0.29) is 6.04 Å². The van der Waals surface area contributed by atoms with Crippen LogP contribution in [0.2, 0.25) is 0 Å². The highest BCUT2D eigenvalue weighted by Gasteiger charge is 2.22. The lowest BCUT2D eigenvalue weighted by Crippen LogP contribution is -2.37. The monoisotopic (exact) mass is 283 g/mol. The number of fused-ring (bicyclic) bond motifs is 1. The molecule has 1 unspecified atom stereocenters. The number of para-hydroxylation sites is 2. The molecule has 1 aromatic carbocycles. The van der Waals surface area contributed by atoms with Crippen LogP contribution in [0.3, 0.4) is 0 Å². The van der Waals surface area contributed by atoms with E-state index in [9.17, 15) is 0 Å². The number of rotatable bonds is 3. The molecular weight excluding hydrogens is 262 g/mol. The summed E-state index contributed by atoms with van der Waals surface area (Å²) >= 11 is 0. The van der Waals surface area contributed by atoms with Gasteiger partial charge in [-0.05, 0) is 31.0 Å². The molecule has 0 spiro atoms. The van der Waals surface area contributed by atoms with Crippen LogP contribution in [-0.2, 0) is 6.42 Å². The standard InChI is InChI=1S/C16H21N5/c1-12(17)9-13-10-18-16(19-11-13)21-8-7-20(2)14-5-3-4-6-15(14)21/h3-6,10-12H,7-9,17H2,1-2H3. The van der Waals surface area contributed by atoms with E-state index < -0.39 is 0 Å². The highest BCUT2D eigenvalue weighted by molar-refractivity contribution is 5.77. The van der Waals surface area contributed by atoms with E-state index in [1.165, 1.54) is 5.69 Å². The second-order valence-corrected chi connectivity index (χ2v) is 5.63. The van der Waals surface area contributed by atoms with E-state index in [0.717, 1.165) is 36.7 Å². The maximum atomic E-state index is 5.81. The van der Waals surface area contributed by atoms with Crippen LogP contribution in [0.5, 0.6) is 0 Å². The summed E-state index contributed by atoms with van der Waals surface area (Å²) < 4.78 is 0. The molecule has 21 heavy (non-hydrogen) atoms. The van der Waals surface area contributed by atoms with E-state index in [1.54, 1.807) is 0 Å². The van der Waals surface area contributed by atoms with Crippen molar-refractivity contribution in [2.75, 3.05) is 29.9 Å². The predicted molar refractivity (Wildman–Crippen MR) is 86.1 cm³/mol. The van der Waals surface area contributed by atoms with Gasteiger partial charge in [0.1, 0.15) is 0 Å². The van der Waals surface area contributed by atoms with Crippen LogP contribution in [-0.4, -0.2) is 36.1 Å². The Labute approximate surface area is 125 Å². The second-order valence-electron chi connectivity index (χ2n) is 5.63. The highest BCUT2D eigenvalue weighted by atomic mass is 15.3. The maximum absolute atomic E-state index is 5.81. The molecule has 0 amide bonds. The van der Waals surface area contributed by atoms with Crippen LogP contribution in [0.15, 0.2) is 36.7 Å². The van der Waals surface area contributed by atoms with Gasteiger partial charge in [0.25, 0.3) is 0 Å². The quantitative estimate of drug-likeness (QED) is 0.933. The normalized spacial score (nSPS) is 15.8. The molecule has 110 valence electrons. The predicted octanol–water partition coefficient (Wildman–Crippen LogP) is 1.95. The van der Waals surface area contributed by atoms with Crippen molar-refractivity contribution in [2.45, 2.75) is 19.4 Å². The van der Waals surface area contributed by atoms with Gasteiger partial charge in [-0.3, -0.25) is 0 Å². The first-order chi connectivity index (χ1) is 10.1. The minimum absolute atomic E-state index is 0.129. The van der Waals surface area contributed by atoms with E-state index in [1.807, 2.05) is 19.3 Å². The van der Waals surface area contributed by atoms with E-state index >= 15 is 0 Å². The molecule has 0 saturated heterocycles. The fourth-order valence-corrected chi connectivity index (χ4v) is 2.68. The van der Waals surface area contributed by atoms with Crippen molar-refractivity contribution >= 4 is 17.3 Å². The Kier molecular flexibility index (Phi) is 3.75. The molecule has 0 bridgehead atoms. The van der Waals surface area contributed by atoms with Crippen LogP contribution < -0.4 is 15.5 Å². The molecule has 2 heterocycles. The molecule has 0 fully saturated rings. The first-order valence-corrected chi connectivity index (χ1v) is 7.29. The van der Waals surface area contributed by atoms with Crippen LogP contribution in [0.25, 0.3) is 0 Å². The van der Waals surface area contributed by atoms with Crippen molar-refractivity contribution in [3.05, 3.63) is 42.2 Å². The van der Waals surface area contributed by atoms with Gasteiger partial charge in [0.05, 0.1) is 11.4 Å². The Balaban J connectivity index is 1.89. The molecular formula is C16H21N5. The van der Waals surface area contributed by atoms with Gasteiger partial charge < -0.3 is 15.5 Å². The fourth-order valence-electron chi connectivity index (χ4n) is 2.68. The van der Waals surface area contributed by atoms with Crippen LogP contribution in [0.1, 0.15) is 12.5 Å². The van der Waals surface area contributed by atoms with Crippen molar-refractivity contribution in [2.24, 2.45) is 5.73 Å². The zero-order valence-corrected chi connectivity index (χ0v) is 12.5. The summed E-state index contributed by atoms with van der Waals surface area (Å²) in [6.45, 7) is 3.84. The van der Waals surface area contributed by atoms with Crippen molar-refractivity contribution in [3.8, 4) is 0 Å². The third-order valence-electron chi connectivity index (χ3n) is 3.73. The fraction of sp³-hybridized carbons (Fsp3) is 0.375. The Morgan fingerprint density at radius 2 is 1.81 bits per heavy atom. The van der Waals surface area contributed by atoms with Gasteiger partial charge in [-0.15, -0.1) is 0 Å². The van der Waals surface area contributed by atoms with Gasteiger partial charge in [0, 0.05) is 38.6 Å². The highest BCUT2D eigenvalue weighted by Crippen LogP contribution is 2.34. The van der Waals surface area contributed by atoms with Gasteiger partial charge in [-0.25, -0.2) is 9.97 Å². The van der Waals surface area contributed by atoms with Crippen molar-refractivity contribution in [1.29, 1.82) is 0 Å². The van der Waals surface area contributed by atoms with Crippen molar-refractivity contribution in [3.63, 3.8) is 0 Å². The second kappa shape index (κ2) is 5.69. The summed E-state index contributed by atoms with van der Waals surface area (Å²) in [6, 6.07) is 8.49. The zero-order valence-electron chi connectivity index (χ0n) is 12.5. The van der Waals surface area contributed by atoms with Gasteiger partial charge in [-0.2, -0.15) is 0 Å². The number of benzene rings is 1. The van der Waals surface area contributed by atoms with Gasteiger partial charge in [-0.1, -0.05) is 12.1 Å². The Morgan fingerprint density at radius 1 is 1.14 bits per heavy atom. The summed E-state index contributed by atoms with van der Waals surface area (Å²) in [5.74, 6) is 0.754. The molecule has 1 aliphatic rings. The third-order valence-corrected chi connectivity index (χ3v) is 3.73. The molecule has 1 aromatic heterocycles. The summed E-state index contributed by atoms with van der Waals surface area (Å²) in [4.78, 5) is 13.5. The summed E-state index contributed by atoms with van der Waals surface area (Å²) in [5, 5.41) is 0. The molecule has 0 radical (unpaired) electrons. The number of anilines is 3. The Bertz CT molecular complexity index is 608. The molecule has 1 aliphatic heterocycles. The molecule has 0 saturated carbocycles. The van der Waals surface area contributed by atoms with Gasteiger partial charge in [0.2, 0.25) is 5.95 Å². The molecule has 1 atom stereocenters. The smallest absolute Gasteiger partial charge is 0.229 e. The topological polar surface area (TPSA) is 58.3 Å². The molecule has 2 aromatic rings. The van der Waals surface area contributed by atoms with Gasteiger partial charge >= 0.3 is 0 Å². The average molecular weight is 283 g/mol. The summed E-state index contributed by atoms with van der Waals surface area (Å²) in [5.41, 5.74) is 9.27. The number of nitrogens with zero attached hydrogens (tertiary/aromatic N) is 4. The lowest BCUT2D eigenvalue weighted by molar-refractivity contribution is 0.730. The average Bonchev–Trinajstić information content (AvgIpc) is 2.48. The summed E-state index contributed by atoms with van der Waals surface area (Å²) in [7, 11) is 2.11. The minimum Gasteiger partial charge on any atom is -0.371 e. The van der Waals surface area contributed by atoms with E-state index in [4.69, 9.17) is 5.73 Å². The lowest BCUT2D eigenvalue weighted by atomic mass is 10.1. The first-order valence-electron chi connectivity index (χ1n) is 7.29. The van der Waals surface area contributed by atoms with E-state index in [0.29, 0.717) is 0 Å². The SMILES string of the molecule is CC(N)Cc1cnc(N2CCN(C)c3ccccc32)nc1. The van der Waals surface area contributed by atoms with Crippen LogP contribution in [0.4, 0.5) is 17.3 Å². The van der Waals surface area contributed by atoms with Crippen molar-refractivity contribution < 1.29 is 0 Å². The lowest BCUT2D eigenvalue weighted by Gasteiger charge is -2.35. The first kappa shape index (κ1) is 13.8. The largest absolute Gasteiger partial charge is 0.371 e. The molecule has 0 aliphatic carbocycles. The Hall–Kier alpha value is -2.14.